The van der Waals surface area contributed by atoms with Gasteiger partial charge in [0.1, 0.15) is 36.6 Å². The number of hydrogen-bond acceptors (Lipinski definition) is 11. The highest BCUT2D eigenvalue weighted by Crippen LogP contribution is 2.47. The van der Waals surface area contributed by atoms with Gasteiger partial charge in [0.25, 0.3) is 0 Å². The molecule has 0 saturated heterocycles. The predicted molar refractivity (Wildman–Crippen MR) is 289 cm³/mol. The van der Waals surface area contributed by atoms with Gasteiger partial charge >= 0.3 is 7.82 Å². The van der Waals surface area contributed by atoms with E-state index in [1.165, 1.54) is 199 Å². The van der Waals surface area contributed by atoms with E-state index < -0.39 is 75.2 Å². The van der Waals surface area contributed by atoms with Gasteiger partial charge in [-0.15, -0.1) is 0 Å². The van der Waals surface area contributed by atoms with E-state index in [9.17, 15) is 50.0 Å². The first-order valence-electron chi connectivity index (χ1n) is 29.4. The molecular formula is C57H110NO12P. The van der Waals surface area contributed by atoms with Crippen LogP contribution >= 0.6 is 7.82 Å². The minimum Gasteiger partial charge on any atom is -0.393 e. The molecule has 0 bridgehead atoms. The summed E-state index contributed by atoms with van der Waals surface area (Å²) in [6.45, 7) is 3.78. The Labute approximate surface area is 433 Å². The third kappa shape index (κ3) is 37.2. The number of phosphoric ester groups is 1. The van der Waals surface area contributed by atoms with Gasteiger partial charge in [-0.25, -0.2) is 4.57 Å². The van der Waals surface area contributed by atoms with Crippen LogP contribution in [0.25, 0.3) is 0 Å². The number of aliphatic hydroxyl groups excluding tert-OH is 7. The molecule has 8 atom stereocenters. The van der Waals surface area contributed by atoms with E-state index in [1.807, 2.05) is 0 Å². The maximum Gasteiger partial charge on any atom is 0.472 e. The second-order valence-corrected chi connectivity index (χ2v) is 22.4. The Bertz CT molecular complexity index is 1310. The van der Waals surface area contributed by atoms with Crippen molar-refractivity contribution in [3.05, 3.63) is 24.3 Å². The topological polar surface area (TPSA) is 226 Å². The molecular weight excluding hydrogens is 922 g/mol. The number of aliphatic hydroxyl groups is 7. The largest absolute Gasteiger partial charge is 0.472 e. The first kappa shape index (κ1) is 67.8. The zero-order chi connectivity index (χ0) is 52.2. The summed E-state index contributed by atoms with van der Waals surface area (Å²) in [6, 6.07) is -1.25. The third-order valence-electron chi connectivity index (χ3n) is 14.3. The zero-order valence-electron chi connectivity index (χ0n) is 45.2. The van der Waals surface area contributed by atoms with E-state index in [4.69, 9.17) is 9.05 Å². The molecule has 0 aromatic heterocycles. The van der Waals surface area contributed by atoms with Crippen molar-refractivity contribution in [3.63, 3.8) is 0 Å². The van der Waals surface area contributed by atoms with Gasteiger partial charge in [0.05, 0.1) is 31.3 Å². The van der Waals surface area contributed by atoms with Crippen molar-refractivity contribution in [2.75, 3.05) is 6.61 Å². The van der Waals surface area contributed by atoms with Crippen LogP contribution in [0.5, 0.6) is 0 Å². The van der Waals surface area contributed by atoms with Crippen LogP contribution in [-0.2, 0) is 18.4 Å². The standard InChI is InChI=1S/C57H110NO12P/c1-3-5-7-9-11-13-15-17-19-21-23-25-26-28-30-32-34-36-38-40-42-44-48(59)46-51(61)58-49(47-69-71(67,68)70-57-55(65)53(63)52(62)54(64)56(57)66)50(60)45-43-41-39-37-35-33-31-29-27-24-22-20-18-16-14-12-10-8-6-4-2/h35,37,43,45,48-50,52-57,59-60,62-66H,3-34,36,38-42,44,46-47H2,1-2H3,(H,58,61)(H,67,68)/b37-35+,45-43+. The summed E-state index contributed by atoms with van der Waals surface area (Å²) in [5.41, 5.74) is 0. The van der Waals surface area contributed by atoms with E-state index in [0.717, 1.165) is 44.9 Å². The van der Waals surface area contributed by atoms with Gasteiger partial charge in [-0.2, -0.15) is 0 Å². The molecule has 71 heavy (non-hydrogen) atoms. The number of hydrogen-bond donors (Lipinski definition) is 9. The quantitative estimate of drug-likeness (QED) is 0.0158. The Kier molecular flexibility index (Phi) is 44.0. The second-order valence-electron chi connectivity index (χ2n) is 21.0. The van der Waals surface area contributed by atoms with Gasteiger partial charge in [-0.3, -0.25) is 13.8 Å². The number of carbonyl (C=O) groups is 1. The molecule has 13 nitrogen and oxygen atoms in total. The smallest absolute Gasteiger partial charge is 0.393 e. The van der Waals surface area contributed by atoms with Crippen molar-refractivity contribution in [2.24, 2.45) is 0 Å². The summed E-state index contributed by atoms with van der Waals surface area (Å²) in [5, 5.41) is 74.9. The van der Waals surface area contributed by atoms with Crippen LogP contribution in [0.4, 0.5) is 0 Å². The fraction of sp³-hybridized carbons (Fsp3) is 0.912. The van der Waals surface area contributed by atoms with Crippen molar-refractivity contribution in [1.29, 1.82) is 0 Å². The molecule has 0 radical (unpaired) electrons. The Morgan fingerprint density at radius 3 is 1.24 bits per heavy atom. The fourth-order valence-electron chi connectivity index (χ4n) is 9.55. The van der Waals surface area contributed by atoms with Gasteiger partial charge < -0.3 is 46.0 Å². The van der Waals surface area contributed by atoms with Gasteiger partial charge in [0.2, 0.25) is 5.91 Å². The van der Waals surface area contributed by atoms with E-state index in [0.29, 0.717) is 12.8 Å². The Hall–Kier alpha value is -1.22. The lowest BCUT2D eigenvalue weighted by molar-refractivity contribution is -0.220. The van der Waals surface area contributed by atoms with Crippen LogP contribution in [0.3, 0.4) is 0 Å². The summed E-state index contributed by atoms with van der Waals surface area (Å²) in [5.74, 6) is -0.597. The van der Waals surface area contributed by atoms with Crippen LogP contribution in [0.1, 0.15) is 271 Å². The molecule has 0 heterocycles. The highest BCUT2D eigenvalue weighted by atomic mass is 31.2. The van der Waals surface area contributed by atoms with Crippen LogP contribution in [0.15, 0.2) is 24.3 Å². The maximum absolute atomic E-state index is 13.1. The minimum absolute atomic E-state index is 0.248. The third-order valence-corrected chi connectivity index (χ3v) is 15.3. The summed E-state index contributed by atoms with van der Waals surface area (Å²) in [4.78, 5) is 23.6. The number of allylic oxidation sites excluding steroid dienone is 3. The molecule has 0 aromatic carbocycles. The number of phosphoric acid groups is 1. The molecule has 8 unspecified atom stereocenters. The van der Waals surface area contributed by atoms with Crippen molar-refractivity contribution < 1.29 is 59.0 Å². The maximum atomic E-state index is 13.1. The summed E-state index contributed by atoms with van der Waals surface area (Å²) >= 11 is 0. The first-order chi connectivity index (χ1) is 34.3. The molecule has 0 aliphatic heterocycles. The molecule has 1 rings (SSSR count). The summed E-state index contributed by atoms with van der Waals surface area (Å²) < 4.78 is 23.0. The van der Waals surface area contributed by atoms with Gasteiger partial charge in [-0.05, 0) is 32.1 Å². The lowest BCUT2D eigenvalue weighted by Gasteiger charge is -2.41. The van der Waals surface area contributed by atoms with Gasteiger partial charge in [-0.1, -0.05) is 256 Å². The van der Waals surface area contributed by atoms with E-state index in [2.05, 4.69) is 31.3 Å². The van der Waals surface area contributed by atoms with Crippen molar-refractivity contribution in [2.45, 2.75) is 326 Å². The monoisotopic (exact) mass is 1030 g/mol. The van der Waals surface area contributed by atoms with E-state index in [-0.39, 0.29) is 6.42 Å². The number of amides is 1. The highest BCUT2D eigenvalue weighted by molar-refractivity contribution is 7.47. The molecule has 420 valence electrons. The second kappa shape index (κ2) is 46.1. The van der Waals surface area contributed by atoms with Crippen molar-refractivity contribution >= 4 is 13.7 Å². The minimum atomic E-state index is -5.16. The molecule has 9 N–H and O–H groups in total. The molecule has 14 heteroatoms. The summed E-state index contributed by atoms with van der Waals surface area (Å²) in [7, 11) is -5.16. The Morgan fingerprint density at radius 2 is 0.831 bits per heavy atom. The molecule has 0 aromatic rings. The van der Waals surface area contributed by atoms with E-state index >= 15 is 0 Å². The molecule has 1 fully saturated rings. The number of nitrogens with one attached hydrogen (secondary N) is 1. The van der Waals surface area contributed by atoms with Crippen LogP contribution in [0.2, 0.25) is 0 Å². The molecule has 1 saturated carbocycles. The SMILES string of the molecule is CCCCCCCCCCCCCCCC/C=C/CC/C=C/C(O)C(COP(=O)(O)OC1C(O)C(O)C(O)C(O)C1O)NC(=O)CC(O)CCCCCCCCCCCCCCCCCCCCCCC. The normalized spacial score (nSPS) is 21.8. The van der Waals surface area contributed by atoms with Crippen molar-refractivity contribution in [3.8, 4) is 0 Å². The lowest BCUT2D eigenvalue weighted by atomic mass is 9.85. The average molecular weight is 1030 g/mol. The molecule has 1 amide bonds. The van der Waals surface area contributed by atoms with Crippen LogP contribution in [-0.4, -0.2) is 108 Å². The fourth-order valence-corrected chi connectivity index (χ4v) is 10.5. The average Bonchev–Trinajstić information content (AvgIpc) is 3.35. The highest BCUT2D eigenvalue weighted by Gasteiger charge is 2.51. The van der Waals surface area contributed by atoms with Crippen molar-refractivity contribution in [1.82, 2.24) is 5.32 Å². The Balaban J connectivity index is 2.42. The first-order valence-corrected chi connectivity index (χ1v) is 30.9. The van der Waals surface area contributed by atoms with Crippen LogP contribution in [0, 0.1) is 0 Å². The molecule has 0 spiro atoms. The summed E-state index contributed by atoms with van der Waals surface area (Å²) in [6.07, 6.45) is 41.2. The van der Waals surface area contributed by atoms with Crippen LogP contribution < -0.4 is 5.32 Å². The van der Waals surface area contributed by atoms with E-state index in [1.54, 1.807) is 6.08 Å². The number of rotatable bonds is 50. The van der Waals surface area contributed by atoms with Gasteiger partial charge in [0.15, 0.2) is 0 Å². The number of unbranched alkanes of at least 4 members (excludes halogenated alkanes) is 35. The lowest BCUT2D eigenvalue weighted by Crippen LogP contribution is -2.64. The zero-order valence-corrected chi connectivity index (χ0v) is 46.0. The molecule has 1 aliphatic rings. The van der Waals surface area contributed by atoms with Gasteiger partial charge in [0, 0.05) is 0 Å². The number of carbonyl (C=O) groups excluding carboxylic acids is 1. The Morgan fingerprint density at radius 1 is 0.493 bits per heavy atom. The predicted octanol–water partition coefficient (Wildman–Crippen LogP) is 12.3. The molecule has 1 aliphatic carbocycles.